The van der Waals surface area contributed by atoms with E-state index in [4.69, 9.17) is 0 Å². The second kappa shape index (κ2) is 5.02. The Kier molecular flexibility index (Phi) is 3.40. The molecular weight excluding hydrogens is 220 g/mol. The first-order valence-corrected chi connectivity index (χ1v) is 7.26. The highest BCUT2D eigenvalue weighted by Gasteiger charge is 2.41. The third kappa shape index (κ3) is 2.45. The molecule has 2 heteroatoms. The molecule has 98 valence electrons. The number of hydrogen-bond acceptors (Lipinski definition) is 2. The predicted molar refractivity (Wildman–Crippen MR) is 75.5 cm³/mol. The summed E-state index contributed by atoms with van der Waals surface area (Å²) in [6.45, 7) is 7.31. The van der Waals surface area contributed by atoms with Gasteiger partial charge in [-0.1, -0.05) is 37.3 Å². The smallest absolute Gasteiger partial charge is 0.0233 e. The molecule has 2 aliphatic rings. The van der Waals surface area contributed by atoms with Crippen molar-refractivity contribution in [1.29, 1.82) is 0 Å². The number of likely N-dealkylation sites (tertiary alicyclic amines) is 1. The van der Waals surface area contributed by atoms with Crippen LogP contribution in [0.15, 0.2) is 30.3 Å². The molecule has 2 atom stereocenters. The average Bonchev–Trinajstić information content (AvgIpc) is 3.01. The van der Waals surface area contributed by atoms with Crippen LogP contribution in [0.5, 0.6) is 0 Å². The van der Waals surface area contributed by atoms with Gasteiger partial charge in [-0.15, -0.1) is 0 Å². The van der Waals surface area contributed by atoms with Gasteiger partial charge in [0.2, 0.25) is 0 Å². The number of rotatable bonds is 3. The Labute approximate surface area is 110 Å². The van der Waals surface area contributed by atoms with Crippen LogP contribution < -0.4 is 5.32 Å². The van der Waals surface area contributed by atoms with Crippen molar-refractivity contribution in [3.05, 3.63) is 35.9 Å². The maximum absolute atomic E-state index is 3.70. The van der Waals surface area contributed by atoms with Gasteiger partial charge >= 0.3 is 0 Å². The van der Waals surface area contributed by atoms with E-state index in [2.05, 4.69) is 47.5 Å². The second-order valence-electron chi connectivity index (χ2n) is 6.25. The minimum absolute atomic E-state index is 0.491. The van der Waals surface area contributed by atoms with E-state index in [9.17, 15) is 0 Å². The van der Waals surface area contributed by atoms with Crippen molar-refractivity contribution in [2.75, 3.05) is 19.6 Å². The Balaban J connectivity index is 1.61. The molecule has 3 rings (SSSR count). The fourth-order valence-electron chi connectivity index (χ4n) is 3.62. The van der Waals surface area contributed by atoms with Gasteiger partial charge in [-0.05, 0) is 43.3 Å². The number of hydrogen-bond donors (Lipinski definition) is 1. The molecule has 2 fully saturated rings. The first kappa shape index (κ1) is 12.2. The number of nitrogens with zero attached hydrogens (tertiary/aromatic N) is 1. The summed E-state index contributed by atoms with van der Waals surface area (Å²) >= 11 is 0. The van der Waals surface area contributed by atoms with Crippen LogP contribution in [-0.2, 0) is 6.54 Å². The molecule has 2 unspecified atom stereocenters. The van der Waals surface area contributed by atoms with Crippen LogP contribution in [0, 0.1) is 5.41 Å². The van der Waals surface area contributed by atoms with Gasteiger partial charge < -0.3 is 5.32 Å². The van der Waals surface area contributed by atoms with Gasteiger partial charge in [0.1, 0.15) is 0 Å². The summed E-state index contributed by atoms with van der Waals surface area (Å²) in [5.41, 5.74) is 1.94. The van der Waals surface area contributed by atoms with Gasteiger partial charge in [-0.3, -0.25) is 4.90 Å². The van der Waals surface area contributed by atoms with Crippen LogP contribution >= 0.6 is 0 Å². The van der Waals surface area contributed by atoms with E-state index in [1.165, 1.54) is 44.5 Å². The summed E-state index contributed by atoms with van der Waals surface area (Å²) in [6.07, 6.45) is 4.08. The van der Waals surface area contributed by atoms with Gasteiger partial charge in [0, 0.05) is 19.1 Å². The molecule has 0 bridgehead atoms. The highest BCUT2D eigenvalue weighted by Crippen LogP contribution is 2.37. The third-order valence-electron chi connectivity index (χ3n) is 4.73. The Morgan fingerprint density at radius 3 is 2.89 bits per heavy atom. The lowest BCUT2D eigenvalue weighted by molar-refractivity contribution is 0.217. The van der Waals surface area contributed by atoms with Crippen molar-refractivity contribution >= 4 is 0 Å². The Hall–Kier alpha value is -0.860. The lowest BCUT2D eigenvalue weighted by Gasteiger charge is -2.31. The molecule has 18 heavy (non-hydrogen) atoms. The van der Waals surface area contributed by atoms with Crippen LogP contribution in [0.4, 0.5) is 0 Å². The monoisotopic (exact) mass is 244 g/mol. The lowest BCUT2D eigenvalue weighted by Crippen LogP contribution is -2.41. The normalized spacial score (nSPS) is 33.1. The molecule has 1 N–H and O–H groups in total. The van der Waals surface area contributed by atoms with Crippen molar-refractivity contribution in [2.45, 2.75) is 38.8 Å². The standard InChI is InChI=1S/C16H24N2/c1-16(15-8-5-10-17-15)9-11-18(13-16)12-14-6-3-2-4-7-14/h2-4,6-7,15,17H,5,8-13H2,1H3. The molecule has 2 heterocycles. The topological polar surface area (TPSA) is 15.3 Å². The van der Waals surface area contributed by atoms with E-state index in [0.717, 1.165) is 12.6 Å². The summed E-state index contributed by atoms with van der Waals surface area (Å²) < 4.78 is 0. The zero-order chi connectivity index (χ0) is 12.4. The van der Waals surface area contributed by atoms with Crippen molar-refractivity contribution < 1.29 is 0 Å². The molecule has 1 aromatic rings. The molecule has 0 radical (unpaired) electrons. The number of nitrogens with one attached hydrogen (secondary N) is 1. The van der Waals surface area contributed by atoms with Gasteiger partial charge in [0.15, 0.2) is 0 Å². The first-order chi connectivity index (χ1) is 8.76. The Morgan fingerprint density at radius 1 is 1.33 bits per heavy atom. The van der Waals surface area contributed by atoms with E-state index >= 15 is 0 Å². The summed E-state index contributed by atoms with van der Waals surface area (Å²) in [7, 11) is 0. The maximum Gasteiger partial charge on any atom is 0.0233 e. The predicted octanol–water partition coefficient (Wildman–Crippen LogP) is 2.65. The first-order valence-electron chi connectivity index (χ1n) is 7.26. The number of benzene rings is 1. The molecule has 0 amide bonds. The zero-order valence-electron chi connectivity index (χ0n) is 11.4. The van der Waals surface area contributed by atoms with Crippen LogP contribution in [0.1, 0.15) is 31.7 Å². The summed E-state index contributed by atoms with van der Waals surface area (Å²) in [5, 5.41) is 3.70. The molecule has 2 saturated heterocycles. The van der Waals surface area contributed by atoms with E-state index in [0.29, 0.717) is 5.41 Å². The average molecular weight is 244 g/mol. The molecule has 1 aromatic carbocycles. The van der Waals surface area contributed by atoms with Crippen LogP contribution in [0.2, 0.25) is 0 Å². The SMILES string of the molecule is CC1(C2CCCN2)CCN(Cc2ccccc2)C1. The highest BCUT2D eigenvalue weighted by molar-refractivity contribution is 5.15. The maximum atomic E-state index is 3.70. The van der Waals surface area contributed by atoms with Crippen LogP contribution in [0.25, 0.3) is 0 Å². The zero-order valence-corrected chi connectivity index (χ0v) is 11.4. The second-order valence-corrected chi connectivity index (χ2v) is 6.25. The van der Waals surface area contributed by atoms with Crippen molar-refractivity contribution in [1.82, 2.24) is 10.2 Å². The van der Waals surface area contributed by atoms with E-state index in [1.54, 1.807) is 0 Å². The van der Waals surface area contributed by atoms with Gasteiger partial charge in [0.05, 0.1) is 0 Å². The van der Waals surface area contributed by atoms with Crippen LogP contribution in [-0.4, -0.2) is 30.6 Å². The van der Waals surface area contributed by atoms with E-state index in [1.807, 2.05) is 0 Å². The Morgan fingerprint density at radius 2 is 2.17 bits per heavy atom. The van der Waals surface area contributed by atoms with Crippen LogP contribution in [0.3, 0.4) is 0 Å². The largest absolute Gasteiger partial charge is 0.313 e. The van der Waals surface area contributed by atoms with E-state index in [-0.39, 0.29) is 0 Å². The third-order valence-corrected chi connectivity index (χ3v) is 4.73. The quantitative estimate of drug-likeness (QED) is 0.879. The fraction of sp³-hybridized carbons (Fsp3) is 0.625. The summed E-state index contributed by atoms with van der Waals surface area (Å²) in [4.78, 5) is 2.62. The minimum atomic E-state index is 0.491. The molecule has 0 aromatic heterocycles. The van der Waals surface area contributed by atoms with Crippen molar-refractivity contribution in [2.24, 2.45) is 5.41 Å². The summed E-state index contributed by atoms with van der Waals surface area (Å²) in [5.74, 6) is 0. The van der Waals surface area contributed by atoms with Gasteiger partial charge in [-0.25, -0.2) is 0 Å². The van der Waals surface area contributed by atoms with Crippen molar-refractivity contribution in [3.8, 4) is 0 Å². The van der Waals surface area contributed by atoms with Gasteiger partial charge in [0.25, 0.3) is 0 Å². The highest BCUT2D eigenvalue weighted by atomic mass is 15.2. The summed E-state index contributed by atoms with van der Waals surface area (Å²) in [6, 6.07) is 11.6. The fourth-order valence-corrected chi connectivity index (χ4v) is 3.62. The molecular formula is C16H24N2. The molecule has 2 nitrogen and oxygen atoms in total. The molecule has 0 saturated carbocycles. The minimum Gasteiger partial charge on any atom is -0.313 e. The van der Waals surface area contributed by atoms with Crippen molar-refractivity contribution in [3.63, 3.8) is 0 Å². The van der Waals surface area contributed by atoms with E-state index < -0.39 is 0 Å². The molecule has 2 aliphatic heterocycles. The lowest BCUT2D eigenvalue weighted by atomic mass is 9.81. The molecule has 0 aliphatic carbocycles. The molecule has 0 spiro atoms. The van der Waals surface area contributed by atoms with Gasteiger partial charge in [-0.2, -0.15) is 0 Å². The Bertz CT molecular complexity index is 383.